The first-order valence-electron chi connectivity index (χ1n) is 2.01. The fourth-order valence-corrected chi connectivity index (χ4v) is 0.307. The topological polar surface area (TPSA) is 55.8 Å². The van der Waals surface area contributed by atoms with Crippen LogP contribution in [0.2, 0.25) is 0 Å². The van der Waals surface area contributed by atoms with Gasteiger partial charge in [0.15, 0.2) is 17.7 Å². The first-order chi connectivity index (χ1) is 3.80. The van der Waals surface area contributed by atoms with Crippen molar-refractivity contribution in [3.63, 3.8) is 0 Å². The van der Waals surface area contributed by atoms with Gasteiger partial charge in [0.05, 0.1) is 0 Å². The molecule has 0 aromatic rings. The monoisotopic (exact) mass is 114 g/mol. The van der Waals surface area contributed by atoms with Crippen molar-refractivity contribution in [3.05, 3.63) is 12.0 Å². The molecule has 0 aromatic heterocycles. The van der Waals surface area contributed by atoms with E-state index in [9.17, 15) is 4.79 Å². The van der Waals surface area contributed by atoms with Crippen molar-refractivity contribution in [2.75, 3.05) is 0 Å². The van der Waals surface area contributed by atoms with Gasteiger partial charge in [0, 0.05) is 0 Å². The van der Waals surface area contributed by atoms with E-state index in [2.05, 4.69) is 9.69 Å². The molecule has 8 heavy (non-hydrogen) atoms. The van der Waals surface area contributed by atoms with E-state index in [0.29, 0.717) is 0 Å². The van der Waals surface area contributed by atoms with E-state index in [-0.39, 0.29) is 7.48 Å². The lowest BCUT2D eigenvalue weighted by Gasteiger charge is -2.03. The number of aliphatic hydroxyl groups excluding tert-OH is 1. The molecule has 0 aliphatic carbocycles. The summed E-state index contributed by atoms with van der Waals surface area (Å²) < 4.78 is 0. The van der Waals surface area contributed by atoms with Crippen molar-refractivity contribution in [1.82, 2.24) is 0 Å². The molecule has 0 atom stereocenters. The maximum atomic E-state index is 10.3. The van der Waals surface area contributed by atoms with Crippen LogP contribution in [0.3, 0.4) is 0 Å². The van der Waals surface area contributed by atoms with Gasteiger partial charge in [-0.15, -0.1) is 0 Å². The minimum Gasteiger partial charge on any atom is -0.503 e. The summed E-state index contributed by atoms with van der Waals surface area (Å²) in [5, 5.41) is 8.48. The zero-order chi connectivity index (χ0) is 5.98. The molecule has 1 aliphatic heterocycles. The Kier molecular flexibility index (Phi) is 1.21. The maximum absolute atomic E-state index is 10.3. The van der Waals surface area contributed by atoms with Gasteiger partial charge in [-0.05, 0) is 0 Å². The Morgan fingerprint density at radius 3 is 2.88 bits per heavy atom. The van der Waals surface area contributed by atoms with Gasteiger partial charge in [-0.1, -0.05) is 0 Å². The summed E-state index contributed by atoms with van der Waals surface area (Å²) in [5.74, 6) is -0.392. The summed E-state index contributed by atoms with van der Waals surface area (Å²) in [6, 6.07) is 0. The Hall–Kier alpha value is -0.965. The van der Waals surface area contributed by atoms with Crippen LogP contribution in [0.15, 0.2) is 12.0 Å². The van der Waals surface area contributed by atoms with Gasteiger partial charge >= 0.3 is 7.48 Å². The molecule has 0 amide bonds. The molecule has 0 aromatic carbocycles. The Morgan fingerprint density at radius 1 is 1.75 bits per heavy atom. The van der Waals surface area contributed by atoms with Crippen molar-refractivity contribution >= 4 is 13.2 Å². The molecular weight excluding hydrogens is 111 g/mol. The zero-order valence-corrected chi connectivity index (χ0v) is 3.96. The average molecular weight is 114 g/mol. The van der Waals surface area contributed by atoms with Crippen LogP contribution >= 0.6 is 0 Å². The molecule has 42 valence electrons. The Labute approximate surface area is 45.9 Å². The van der Waals surface area contributed by atoms with Crippen LogP contribution in [0.1, 0.15) is 0 Å². The van der Waals surface area contributed by atoms with Crippen LogP contribution in [-0.2, 0) is 14.5 Å². The normalized spacial score (nSPS) is 18.5. The molecule has 4 nitrogen and oxygen atoms in total. The van der Waals surface area contributed by atoms with Crippen LogP contribution in [-0.4, -0.2) is 18.3 Å². The predicted molar refractivity (Wildman–Crippen MR) is 25.0 cm³/mol. The summed E-state index contributed by atoms with van der Waals surface area (Å²) >= 11 is 0. The van der Waals surface area contributed by atoms with Crippen LogP contribution in [0.4, 0.5) is 0 Å². The molecule has 1 rings (SSSR count). The zero-order valence-electron chi connectivity index (χ0n) is 3.96. The summed E-state index contributed by atoms with van der Waals surface area (Å²) in [6.45, 7) is 0. The summed E-state index contributed by atoms with van der Waals surface area (Å²) in [6.07, 6.45) is 0.853. The van der Waals surface area contributed by atoms with Crippen molar-refractivity contribution in [2.24, 2.45) is 0 Å². The Balaban J connectivity index is 2.67. The van der Waals surface area contributed by atoms with E-state index in [4.69, 9.17) is 5.11 Å². The van der Waals surface area contributed by atoms with Gasteiger partial charge in [-0.25, -0.2) is 0 Å². The minimum absolute atomic E-state index is 0.206. The SMILES string of the molecule is O=C1BOOC=C1O. The number of carbonyl (C=O) groups is 1. The van der Waals surface area contributed by atoms with Crippen molar-refractivity contribution in [3.8, 4) is 0 Å². The van der Waals surface area contributed by atoms with Gasteiger partial charge in [-0.3, -0.25) is 9.60 Å². The van der Waals surface area contributed by atoms with Crippen LogP contribution in [0, 0.1) is 0 Å². The number of aliphatic hydroxyl groups is 1. The third-order valence-corrected chi connectivity index (χ3v) is 0.703. The Bertz CT molecular complexity index is 140. The number of hydrogen-bond donors (Lipinski definition) is 1. The number of rotatable bonds is 0. The van der Waals surface area contributed by atoms with Gasteiger partial charge in [-0.2, -0.15) is 0 Å². The fourth-order valence-electron chi connectivity index (χ4n) is 0.307. The van der Waals surface area contributed by atoms with Crippen LogP contribution in [0.25, 0.3) is 0 Å². The standard InChI is InChI=1S/C3H3BO4/c5-2-1-7-8-4-3(2)6/h1,4-5H. The molecule has 1 heterocycles. The summed E-state index contributed by atoms with van der Waals surface area (Å²) in [5.41, 5.74) is -0.462. The van der Waals surface area contributed by atoms with Crippen molar-refractivity contribution in [1.29, 1.82) is 0 Å². The second kappa shape index (κ2) is 1.87. The first-order valence-corrected chi connectivity index (χ1v) is 2.01. The summed E-state index contributed by atoms with van der Waals surface area (Å²) in [7, 11) is -0.206. The van der Waals surface area contributed by atoms with E-state index >= 15 is 0 Å². The average Bonchev–Trinajstić information content (AvgIpc) is 1.77. The summed E-state index contributed by atoms with van der Waals surface area (Å²) in [4.78, 5) is 18.6. The van der Waals surface area contributed by atoms with Gasteiger partial charge in [0.1, 0.15) is 0 Å². The molecule has 0 unspecified atom stereocenters. The molecule has 0 saturated heterocycles. The first kappa shape index (κ1) is 5.18. The van der Waals surface area contributed by atoms with Gasteiger partial charge in [0.2, 0.25) is 0 Å². The van der Waals surface area contributed by atoms with E-state index in [0.717, 1.165) is 6.26 Å². The molecule has 0 radical (unpaired) electrons. The lowest BCUT2D eigenvalue weighted by atomic mass is 9.92. The molecule has 5 heteroatoms. The number of hydrogen-bond acceptors (Lipinski definition) is 4. The molecular formula is C3H3BO4. The quantitative estimate of drug-likeness (QED) is 0.331. The second-order valence-electron chi connectivity index (χ2n) is 1.28. The van der Waals surface area contributed by atoms with E-state index in [1.165, 1.54) is 0 Å². The van der Waals surface area contributed by atoms with Gasteiger partial charge in [0.25, 0.3) is 0 Å². The van der Waals surface area contributed by atoms with E-state index < -0.39 is 11.4 Å². The van der Waals surface area contributed by atoms with E-state index in [1.54, 1.807) is 0 Å². The lowest BCUT2D eigenvalue weighted by Crippen LogP contribution is -2.19. The highest BCUT2D eigenvalue weighted by molar-refractivity contribution is 6.72. The molecule has 0 fully saturated rings. The highest BCUT2D eigenvalue weighted by atomic mass is 17.2. The van der Waals surface area contributed by atoms with Crippen LogP contribution < -0.4 is 0 Å². The highest BCUT2D eigenvalue weighted by Crippen LogP contribution is 1.97. The minimum atomic E-state index is -0.462. The smallest absolute Gasteiger partial charge is 0.423 e. The van der Waals surface area contributed by atoms with Crippen molar-refractivity contribution < 1.29 is 19.6 Å². The maximum Gasteiger partial charge on any atom is 0.423 e. The second-order valence-corrected chi connectivity index (χ2v) is 1.28. The van der Waals surface area contributed by atoms with Crippen molar-refractivity contribution in [2.45, 2.75) is 0 Å². The third-order valence-electron chi connectivity index (χ3n) is 0.703. The van der Waals surface area contributed by atoms with Gasteiger partial charge < -0.3 is 9.99 Å². The number of allylic oxidation sites excluding steroid dienone is 1. The lowest BCUT2D eigenvalue weighted by molar-refractivity contribution is -0.163. The molecule has 0 bridgehead atoms. The fraction of sp³-hybridized carbons (Fsp3) is 0. The molecule has 0 spiro atoms. The van der Waals surface area contributed by atoms with Crippen LogP contribution in [0.5, 0.6) is 0 Å². The Morgan fingerprint density at radius 2 is 2.50 bits per heavy atom. The largest absolute Gasteiger partial charge is 0.503 e. The highest BCUT2D eigenvalue weighted by Gasteiger charge is 2.16. The predicted octanol–water partition coefficient (Wildman–Crippen LogP) is -0.774. The molecule has 1 N–H and O–H groups in total. The molecule has 0 saturated carbocycles. The number of carbonyl (C=O) groups excluding carboxylic acids is 1. The third kappa shape index (κ3) is 0.814. The molecule has 1 aliphatic rings. The van der Waals surface area contributed by atoms with E-state index in [1.807, 2.05) is 0 Å².